The lowest BCUT2D eigenvalue weighted by Crippen LogP contribution is -2.28. The Kier molecular flexibility index (Phi) is 4.93. The third-order valence-electron chi connectivity index (χ3n) is 2.20. The van der Waals surface area contributed by atoms with Gasteiger partial charge in [-0.2, -0.15) is 22.0 Å². The molecule has 1 aromatic carbocycles. The molecule has 0 saturated carbocycles. The molecule has 0 fully saturated rings. The molecule has 0 aliphatic carbocycles. The van der Waals surface area contributed by atoms with Crippen LogP contribution in [0, 0.1) is 0 Å². The first-order valence-electron chi connectivity index (χ1n) is 5.29. The second-order valence-corrected chi connectivity index (χ2v) is 3.54. The zero-order chi connectivity index (χ0) is 14.6. The summed E-state index contributed by atoms with van der Waals surface area (Å²) in [6.45, 7) is -1.45. The Morgan fingerprint density at radius 1 is 1.21 bits per heavy atom. The molecule has 1 atom stereocenters. The van der Waals surface area contributed by atoms with Gasteiger partial charge in [-0.1, -0.05) is 6.07 Å². The van der Waals surface area contributed by atoms with Crippen molar-refractivity contribution in [1.29, 1.82) is 0 Å². The van der Waals surface area contributed by atoms with E-state index in [0.717, 1.165) is 18.2 Å². The molecule has 0 spiro atoms. The van der Waals surface area contributed by atoms with Gasteiger partial charge in [0.25, 0.3) is 0 Å². The minimum absolute atomic E-state index is 0.0876. The van der Waals surface area contributed by atoms with Gasteiger partial charge in [0.1, 0.15) is 6.04 Å². The Labute approximate surface area is 106 Å². The van der Waals surface area contributed by atoms with E-state index in [1.165, 1.54) is 0 Å². The lowest BCUT2D eigenvalue weighted by molar-refractivity contribution is -0.149. The maximum Gasteiger partial charge on any atom is 0.407 e. The van der Waals surface area contributed by atoms with E-state index in [-0.39, 0.29) is 23.7 Å². The molecule has 0 aliphatic heterocycles. The van der Waals surface area contributed by atoms with Gasteiger partial charge in [-0.3, -0.25) is 0 Å². The van der Waals surface area contributed by atoms with Crippen LogP contribution in [0.2, 0.25) is 0 Å². The minimum Gasteiger partial charge on any atom is -0.490 e. The van der Waals surface area contributed by atoms with E-state index >= 15 is 0 Å². The summed E-state index contributed by atoms with van der Waals surface area (Å²) in [6, 6.07) is 0.669. The first-order valence-corrected chi connectivity index (χ1v) is 5.29. The number of hydrogen-bond donors (Lipinski definition) is 1. The molecule has 19 heavy (non-hydrogen) atoms. The first kappa shape index (κ1) is 15.5. The van der Waals surface area contributed by atoms with Crippen LogP contribution in [-0.4, -0.2) is 19.4 Å². The van der Waals surface area contributed by atoms with Gasteiger partial charge in [0, 0.05) is 0 Å². The summed E-state index contributed by atoms with van der Waals surface area (Å²) in [5, 5.41) is 0. The van der Waals surface area contributed by atoms with E-state index < -0.39 is 18.8 Å². The molecular formula is C11H12F5NO2. The molecule has 1 rings (SSSR count). The average molecular weight is 285 g/mol. The standard InChI is InChI=1S/C11H12F5NO2/c1-2-18-8-5-6(9(17)11(14,15)16)3-4-7(8)19-10(12)13/h3-5,9-10H,2,17H2,1H3/t9-/m0/s1. The summed E-state index contributed by atoms with van der Waals surface area (Å²) < 4.78 is 70.6. The molecule has 0 bridgehead atoms. The molecule has 0 aromatic heterocycles. The maximum absolute atomic E-state index is 12.4. The van der Waals surface area contributed by atoms with Crippen LogP contribution in [0.15, 0.2) is 18.2 Å². The van der Waals surface area contributed by atoms with Crippen molar-refractivity contribution in [3.8, 4) is 11.5 Å². The van der Waals surface area contributed by atoms with Crippen molar-refractivity contribution in [2.24, 2.45) is 5.73 Å². The Balaban J connectivity index is 3.08. The van der Waals surface area contributed by atoms with Crippen LogP contribution in [-0.2, 0) is 0 Å². The molecule has 3 nitrogen and oxygen atoms in total. The predicted octanol–water partition coefficient (Wildman–Crippen LogP) is 3.25. The summed E-state index contributed by atoms with van der Waals surface area (Å²) in [6.07, 6.45) is -4.63. The molecular weight excluding hydrogens is 273 g/mol. The van der Waals surface area contributed by atoms with Crippen LogP contribution in [0.25, 0.3) is 0 Å². The van der Waals surface area contributed by atoms with Gasteiger partial charge in [0.2, 0.25) is 0 Å². The zero-order valence-corrected chi connectivity index (χ0v) is 9.88. The van der Waals surface area contributed by atoms with Gasteiger partial charge < -0.3 is 15.2 Å². The Bertz CT molecular complexity index is 422. The summed E-state index contributed by atoms with van der Waals surface area (Å²) in [5.74, 6) is -0.546. The van der Waals surface area contributed by atoms with Crippen LogP contribution in [0.3, 0.4) is 0 Å². The highest BCUT2D eigenvalue weighted by molar-refractivity contribution is 5.44. The van der Waals surface area contributed by atoms with Gasteiger partial charge in [0.05, 0.1) is 6.61 Å². The molecule has 0 aliphatic rings. The number of halogens is 5. The molecule has 0 amide bonds. The van der Waals surface area contributed by atoms with E-state index in [1.54, 1.807) is 6.92 Å². The van der Waals surface area contributed by atoms with Crippen molar-refractivity contribution in [2.75, 3.05) is 6.61 Å². The minimum atomic E-state index is -4.63. The summed E-state index contributed by atoms with van der Waals surface area (Å²) in [4.78, 5) is 0. The maximum atomic E-state index is 12.4. The largest absolute Gasteiger partial charge is 0.490 e. The van der Waals surface area contributed by atoms with Crippen molar-refractivity contribution >= 4 is 0 Å². The highest BCUT2D eigenvalue weighted by atomic mass is 19.4. The van der Waals surface area contributed by atoms with Gasteiger partial charge in [-0.15, -0.1) is 0 Å². The lowest BCUT2D eigenvalue weighted by atomic mass is 10.1. The van der Waals surface area contributed by atoms with E-state index in [4.69, 9.17) is 10.5 Å². The van der Waals surface area contributed by atoms with Crippen LogP contribution >= 0.6 is 0 Å². The summed E-state index contributed by atoms with van der Waals surface area (Å²) in [5.41, 5.74) is 4.72. The molecule has 108 valence electrons. The first-order chi connectivity index (χ1) is 8.75. The second-order valence-electron chi connectivity index (χ2n) is 3.54. The van der Waals surface area contributed by atoms with Crippen molar-refractivity contribution in [2.45, 2.75) is 25.8 Å². The van der Waals surface area contributed by atoms with Gasteiger partial charge in [-0.05, 0) is 24.6 Å². The summed E-state index contributed by atoms with van der Waals surface area (Å²) >= 11 is 0. The highest BCUT2D eigenvalue weighted by Crippen LogP contribution is 2.36. The molecule has 0 saturated heterocycles. The lowest BCUT2D eigenvalue weighted by Gasteiger charge is -2.18. The average Bonchev–Trinajstić information content (AvgIpc) is 2.29. The van der Waals surface area contributed by atoms with Gasteiger partial charge in [0.15, 0.2) is 11.5 Å². The van der Waals surface area contributed by atoms with Crippen LogP contribution in [0.5, 0.6) is 11.5 Å². The SMILES string of the molecule is CCOc1cc([C@H](N)C(F)(F)F)ccc1OC(F)F. The molecule has 1 aromatic rings. The highest BCUT2D eigenvalue weighted by Gasteiger charge is 2.38. The normalized spacial score (nSPS) is 13.5. The van der Waals surface area contributed by atoms with Crippen molar-refractivity contribution in [3.63, 3.8) is 0 Å². The topological polar surface area (TPSA) is 44.5 Å². The van der Waals surface area contributed by atoms with E-state index in [9.17, 15) is 22.0 Å². The number of hydrogen-bond acceptors (Lipinski definition) is 3. The number of rotatable bonds is 5. The zero-order valence-electron chi connectivity index (χ0n) is 9.88. The predicted molar refractivity (Wildman–Crippen MR) is 57.2 cm³/mol. The van der Waals surface area contributed by atoms with Crippen LogP contribution in [0.1, 0.15) is 18.5 Å². The van der Waals surface area contributed by atoms with Crippen molar-refractivity contribution in [1.82, 2.24) is 0 Å². The van der Waals surface area contributed by atoms with E-state index in [1.807, 2.05) is 0 Å². The van der Waals surface area contributed by atoms with Crippen LogP contribution in [0.4, 0.5) is 22.0 Å². The molecule has 0 heterocycles. The fraction of sp³-hybridized carbons (Fsp3) is 0.455. The van der Waals surface area contributed by atoms with Gasteiger partial charge in [-0.25, -0.2) is 0 Å². The van der Waals surface area contributed by atoms with Crippen molar-refractivity contribution < 1.29 is 31.4 Å². The fourth-order valence-corrected chi connectivity index (χ4v) is 1.37. The van der Waals surface area contributed by atoms with Crippen LogP contribution < -0.4 is 15.2 Å². The third-order valence-corrected chi connectivity index (χ3v) is 2.20. The van der Waals surface area contributed by atoms with Gasteiger partial charge >= 0.3 is 12.8 Å². The molecule has 0 unspecified atom stereocenters. The third kappa shape index (κ3) is 4.23. The monoisotopic (exact) mass is 285 g/mol. The Morgan fingerprint density at radius 3 is 2.32 bits per heavy atom. The van der Waals surface area contributed by atoms with E-state index in [0.29, 0.717) is 0 Å². The fourth-order valence-electron chi connectivity index (χ4n) is 1.37. The molecule has 8 heteroatoms. The molecule has 2 N–H and O–H groups in total. The number of alkyl halides is 5. The number of ether oxygens (including phenoxy) is 2. The second kappa shape index (κ2) is 6.05. The number of nitrogens with two attached hydrogens (primary N) is 1. The smallest absolute Gasteiger partial charge is 0.407 e. The quantitative estimate of drug-likeness (QED) is 0.845. The summed E-state index contributed by atoms with van der Waals surface area (Å²) in [7, 11) is 0. The number of benzene rings is 1. The van der Waals surface area contributed by atoms with E-state index in [2.05, 4.69) is 4.74 Å². The molecule has 0 radical (unpaired) electrons. The Morgan fingerprint density at radius 2 is 1.84 bits per heavy atom. The Hall–Kier alpha value is -1.57. The van der Waals surface area contributed by atoms with Crippen molar-refractivity contribution in [3.05, 3.63) is 23.8 Å².